The summed E-state index contributed by atoms with van der Waals surface area (Å²) in [6, 6.07) is 39.0. The number of Topliss-reactive ketones (excluding diaryl/α,β-unsaturated/α-hetero) is 1. The molecule has 2 amide bonds. The van der Waals surface area contributed by atoms with Crippen molar-refractivity contribution in [3.05, 3.63) is 263 Å². The van der Waals surface area contributed by atoms with Crippen molar-refractivity contribution < 1.29 is 231 Å². The van der Waals surface area contributed by atoms with Gasteiger partial charge in [0, 0.05) is 226 Å². The summed E-state index contributed by atoms with van der Waals surface area (Å²) in [7, 11) is 2.60. The van der Waals surface area contributed by atoms with E-state index >= 15 is 0 Å². The Labute approximate surface area is 798 Å². The van der Waals surface area contributed by atoms with Crippen molar-refractivity contribution in [1.29, 1.82) is 0 Å². The van der Waals surface area contributed by atoms with Crippen molar-refractivity contribution in [3.63, 3.8) is 0 Å². The van der Waals surface area contributed by atoms with Crippen molar-refractivity contribution in [2.24, 2.45) is 0 Å². The summed E-state index contributed by atoms with van der Waals surface area (Å²) in [6.07, 6.45) is 13.1. The number of aromatic carboxylic acids is 1. The van der Waals surface area contributed by atoms with Crippen LogP contribution in [0, 0.1) is 40.5 Å². The van der Waals surface area contributed by atoms with E-state index in [0.717, 1.165) is 90.5 Å². The Morgan fingerprint density at radius 2 is 0.935 bits per heavy atom. The fourth-order valence-electron chi connectivity index (χ4n) is 12.3. The van der Waals surface area contributed by atoms with Gasteiger partial charge in [0.1, 0.15) is 5.75 Å². The largest absolute Gasteiger partial charge is 1.00 e. The predicted octanol–water partition coefficient (Wildman–Crippen LogP) is 4.51. The topological polar surface area (TPSA) is 588 Å². The van der Waals surface area contributed by atoms with Gasteiger partial charge in [-0.25, -0.2) is 14.4 Å². The molecule has 0 bridgehead atoms. The molecule has 8 aromatic carbocycles. The molecular weight excluding hydrogens is 1650 g/mol. The van der Waals surface area contributed by atoms with E-state index in [1.54, 1.807) is 86.0 Å². The van der Waals surface area contributed by atoms with Gasteiger partial charge >= 0.3 is 146 Å². The molecular formula is C81H79BK2LiN12O26. The number of fused-ring (bicyclic) bond motifs is 8. The summed E-state index contributed by atoms with van der Waals surface area (Å²) >= 11 is 0. The quantitative estimate of drug-likeness (QED) is 0.0117. The van der Waals surface area contributed by atoms with Gasteiger partial charge in [0.2, 0.25) is 0 Å². The molecule has 0 saturated carbocycles. The van der Waals surface area contributed by atoms with Crippen molar-refractivity contribution in [1.82, 2.24) is 29.9 Å². The second-order valence-corrected chi connectivity index (χ2v) is 24.6. The van der Waals surface area contributed by atoms with Gasteiger partial charge in [-0.05, 0) is 104 Å². The number of aromatic amines is 6. The van der Waals surface area contributed by atoms with Gasteiger partial charge in [0.05, 0.1) is 61.9 Å². The van der Waals surface area contributed by atoms with Gasteiger partial charge < -0.3 is 91.9 Å². The van der Waals surface area contributed by atoms with E-state index in [0.29, 0.717) is 44.7 Å². The van der Waals surface area contributed by atoms with Crippen molar-refractivity contribution >= 4 is 156 Å². The van der Waals surface area contributed by atoms with Crippen LogP contribution in [0.25, 0.3) is 87.7 Å². The third kappa shape index (κ3) is 25.0. The van der Waals surface area contributed by atoms with Crippen LogP contribution in [0.1, 0.15) is 103 Å². The number of carboxylic acids is 1. The smallest absolute Gasteiger partial charge is 1.00 e. The number of nitro groups is 4. The standard InChI is InChI=1S/C18H13N3O6.C18H13N3O4.C17H11N3O4.C10H9NO2.C8H4N2O4.C4H8O.C2H6O.CH2O3.3CH4.B.2K.Li.H2O.H/c1-27-16(22)9-2-4-11-13(8-19-15(11)6-9)18(24)12-7-10(21(25)26)3-5-14(12)20-17(18)23;1-25-18(22)10-2-4-12-14(8-20-17(12)6-10)15-9-19-16-5-3-11(21(23)24)7-13(15)16;21-17(22)9-1-3-11-13(7-19-16(11)5-9)14-8-18-15-4-2-10(20(23)24)6-12(14)15;1-7(12)13-9-3-2-8-4-5-11-10(8)6-9;11-7-5-3-4(10(13)14)1-2-6(5)9-8(7)12;1-2-4-5-3-1;1-2-3;2-1-4-3;;;;;;;;;/h2-8,19,24H,1H3,(H,20,23);2-9,19-20H,1H3;1-8,18-19H,(H,21,22);2-6,11H,1H3;1-3H,(H,9,11,12);1-4H2;3H,2H2,1H3;1,3H;3*1H4;;;;;1H2;/q;;;;;;;;;;;;3*+1;;-1/p-2. The van der Waals surface area contributed by atoms with Crippen LogP contribution in [0.4, 0.5) is 34.1 Å². The number of H-pyrrole nitrogens is 6. The molecule has 6 aromatic heterocycles. The van der Waals surface area contributed by atoms with Gasteiger partial charge in [-0.3, -0.25) is 64.4 Å². The molecule has 1 fully saturated rings. The second kappa shape index (κ2) is 48.8. The minimum Gasteiger partial charge on any atom is -1.00 e. The zero-order chi connectivity index (χ0) is 82.9. The number of hydrogen-bond donors (Lipinski definition) is 11. The summed E-state index contributed by atoms with van der Waals surface area (Å²) in [5.74, 6) is -3.84. The number of anilines is 2. The second-order valence-electron chi connectivity index (χ2n) is 24.6. The van der Waals surface area contributed by atoms with E-state index in [9.17, 15) is 79.1 Å². The van der Waals surface area contributed by atoms with E-state index < -0.39 is 60.8 Å². The van der Waals surface area contributed by atoms with Crippen LogP contribution in [0.5, 0.6) is 5.75 Å². The number of nitrogens with one attached hydrogen (secondary N) is 8. The zero-order valence-corrected chi connectivity index (χ0v) is 70.9. The molecule has 0 aliphatic carbocycles. The van der Waals surface area contributed by atoms with Gasteiger partial charge in [-0.15, -0.1) is 0 Å². The first-order chi connectivity index (χ1) is 55.2. The van der Waals surface area contributed by atoms with Crippen LogP contribution >= 0.6 is 0 Å². The average Bonchev–Trinajstić information content (AvgIpc) is 1.57. The fraction of sp³-hybridized carbons (Fsp3) is 0.160. The number of nitrogens with zero attached hydrogens (tertiary/aromatic N) is 4. The number of amides is 2. The Hall–Kier alpha value is -11.7. The number of aliphatic hydroxyl groups excluding tert-OH is 1. The predicted molar refractivity (Wildman–Crippen MR) is 442 cm³/mol. The first kappa shape index (κ1) is 107. The van der Waals surface area contributed by atoms with E-state index in [4.69, 9.17) is 34.5 Å². The Morgan fingerprint density at radius 3 is 1.38 bits per heavy atom. The number of benzene rings is 8. The molecule has 0 spiro atoms. The third-order valence-electron chi connectivity index (χ3n) is 17.6. The number of non-ortho nitro benzene ring substituents is 4. The third-order valence-corrected chi connectivity index (χ3v) is 17.6. The van der Waals surface area contributed by atoms with Crippen LogP contribution in [-0.4, -0.2) is 161 Å². The number of hydrogen-bond acceptors (Lipinski definition) is 25. The number of aliphatic hydroxyl groups is 2. The SMILES string of the molecule is C.C.C.C1CCOC1.CC(=O)Oc1ccc2cc[nH]c2c1.CCO.COC(=O)c1ccc2c(-c3c[nH]c4ccc([N+](=O)[O-])cc34)c[nH]c2c1.COC(=O)c1ccc2c(C3(O)C(=O)Nc4ccc([N+](=O)[O-])cc43)c[nH]c2c1.O=C(O)c1ccc2c(-c3c[nH]c4ccc([N+](=O)[O-])cc34)c[nH]c2c1.O=C1Nc2ccc([N+](=O)[O-])cc2C1=O.O=CO[O-].[B].[H-].[K+].[K+].[Li+].[OH-]. The summed E-state index contributed by atoms with van der Waals surface area (Å²) in [5.41, 5.74) is 7.51. The monoisotopic (exact) mass is 1730 g/mol. The van der Waals surface area contributed by atoms with E-state index in [1.807, 2.05) is 36.8 Å². The molecule has 3 aliphatic heterocycles. The molecule has 1 atom stereocenters. The number of rotatable bonds is 12. The van der Waals surface area contributed by atoms with Crippen LogP contribution < -0.4 is 142 Å². The summed E-state index contributed by atoms with van der Waals surface area (Å²) < 4.78 is 19.3. The Balaban J connectivity index is 0.000000749. The normalized spacial score (nSPS) is 12.4. The van der Waals surface area contributed by atoms with Gasteiger partial charge in [-0.1, -0.05) is 40.5 Å². The Bertz CT molecular complexity index is 6160. The van der Waals surface area contributed by atoms with E-state index in [2.05, 4.69) is 50.2 Å². The molecule has 3 aliphatic rings. The minimum absolute atomic E-state index is 0. The number of carbonyl (C=O) groups is 8. The van der Waals surface area contributed by atoms with Crippen molar-refractivity contribution in [2.75, 3.05) is 44.7 Å². The molecule has 17 rings (SSSR count). The van der Waals surface area contributed by atoms with E-state index in [1.165, 1.54) is 101 Å². The molecule has 38 nitrogen and oxygen atoms in total. The van der Waals surface area contributed by atoms with Gasteiger partial charge in [-0.2, -0.15) is 0 Å². The summed E-state index contributed by atoms with van der Waals surface area (Å²) in [4.78, 5) is 151. The number of esters is 3. The molecule has 625 valence electrons. The van der Waals surface area contributed by atoms with Crippen LogP contribution in [0.15, 0.2) is 189 Å². The van der Waals surface area contributed by atoms with Gasteiger partial charge in [0.15, 0.2) is 5.60 Å². The number of nitro benzene ring substituents is 4. The first-order valence-electron chi connectivity index (χ1n) is 34.1. The van der Waals surface area contributed by atoms with Crippen LogP contribution in [0.2, 0.25) is 0 Å². The molecule has 42 heteroatoms. The average molecular weight is 1730 g/mol. The number of aromatic nitrogens is 6. The van der Waals surface area contributed by atoms with Crippen molar-refractivity contribution in [3.8, 4) is 28.0 Å². The molecule has 9 heterocycles. The maximum Gasteiger partial charge on any atom is 1.00 e. The molecule has 123 heavy (non-hydrogen) atoms. The molecule has 12 N–H and O–H groups in total. The van der Waals surface area contributed by atoms with Gasteiger partial charge in [0.25, 0.3) is 46.8 Å². The number of ketones is 1. The first-order valence-corrected chi connectivity index (χ1v) is 34.1. The minimum atomic E-state index is -2.10. The molecule has 1 saturated heterocycles. The maximum atomic E-state index is 12.6. The number of carbonyl (C=O) groups excluding carboxylic acids is 7. The van der Waals surface area contributed by atoms with E-state index in [-0.39, 0.29) is 223 Å². The Morgan fingerprint density at radius 1 is 0.520 bits per heavy atom. The van der Waals surface area contributed by atoms with Crippen LogP contribution in [-0.2, 0) is 43.9 Å². The zero-order valence-electron chi connectivity index (χ0n) is 65.6. The number of methoxy groups -OCH3 is 2. The summed E-state index contributed by atoms with van der Waals surface area (Å²) in [6.45, 7) is 5.14. The van der Waals surface area contributed by atoms with Crippen molar-refractivity contribution in [2.45, 2.75) is 54.6 Å². The molecule has 1 unspecified atom stereocenters. The molecule has 14 aromatic rings. The molecule has 3 radical (unpaired) electrons. The number of carboxylic acid groups (broad SMARTS) is 1. The van der Waals surface area contributed by atoms with Crippen LogP contribution in [0.3, 0.4) is 0 Å². The maximum absolute atomic E-state index is 12.6. The number of ether oxygens (including phenoxy) is 4. The fourth-order valence-corrected chi connectivity index (χ4v) is 12.3. The Kier molecular flexibility index (Phi) is 42.6. The summed E-state index contributed by atoms with van der Waals surface area (Å²) in [5, 5.41) is 89.6.